The molecule has 0 saturated heterocycles. The summed E-state index contributed by atoms with van der Waals surface area (Å²) >= 11 is 0. The zero-order valence-corrected chi connectivity index (χ0v) is 18.9. The second-order valence-corrected chi connectivity index (χ2v) is 8.48. The first kappa shape index (κ1) is 30.1. The Bertz CT molecular complexity index is 1060. The van der Waals surface area contributed by atoms with Gasteiger partial charge in [0.2, 0.25) is 6.04 Å². The number of carbonyl (C=O) groups excluding carboxylic acids is 2. The molecule has 0 saturated carbocycles. The van der Waals surface area contributed by atoms with Crippen molar-refractivity contribution >= 4 is 43.4 Å². The summed E-state index contributed by atoms with van der Waals surface area (Å²) in [6.45, 7) is -1.27. The molecule has 18 heteroatoms. The lowest BCUT2D eigenvalue weighted by molar-refractivity contribution is -0.147. The highest BCUT2D eigenvalue weighted by Gasteiger charge is 2.35. The monoisotopic (exact) mass is 537 g/mol. The average Bonchev–Trinajstić information content (AvgIpc) is 2.77. The quantitative estimate of drug-likeness (QED) is 0.0945. The largest absolute Gasteiger partial charge is 0.481 e. The number of halogens is 1. The third kappa shape index (κ3) is 10.1. The highest BCUT2D eigenvalue weighted by atomic mass is 31.2. The van der Waals surface area contributed by atoms with E-state index in [0.29, 0.717) is 0 Å². The van der Waals surface area contributed by atoms with Gasteiger partial charge in [0.05, 0.1) is 6.61 Å². The van der Waals surface area contributed by atoms with Crippen molar-refractivity contribution in [2.45, 2.75) is 31.0 Å². The van der Waals surface area contributed by atoms with Gasteiger partial charge in [-0.1, -0.05) is 0 Å². The molecule has 1 aromatic rings. The third-order valence-electron chi connectivity index (χ3n) is 4.19. The summed E-state index contributed by atoms with van der Waals surface area (Å²) in [6, 6.07) is -2.60. The minimum absolute atomic E-state index is 0.225. The van der Waals surface area contributed by atoms with E-state index >= 15 is 0 Å². The summed E-state index contributed by atoms with van der Waals surface area (Å²) < 4.78 is 29.5. The molecule has 0 aliphatic rings. The van der Waals surface area contributed by atoms with Crippen molar-refractivity contribution in [3.05, 3.63) is 35.6 Å². The Morgan fingerprint density at radius 3 is 1.92 bits per heavy atom. The number of carboxylic acids is 4. The second-order valence-electron chi connectivity index (χ2n) is 6.92. The molecule has 0 aliphatic heterocycles. The highest BCUT2D eigenvalue weighted by Crippen LogP contribution is 2.38. The standard InChI is InChI=1S/C18H21FN3O13P/c19-9-3-1-8(2-4-9)14(25)21-13(18(31)32)15(26)20-11(17(29)30)7-35-36(33,34)22-10(16(27)28)5-6-12(23)24/h1-4,10-11,13H,5-7H2,(H,20,26)(H,21,25)(H,23,24)(H,27,28)(H,29,30)(H,31,32)(H2,22,33,34)/t10-,11-,13-/m0/s1. The van der Waals surface area contributed by atoms with E-state index in [1.165, 1.54) is 0 Å². The molecular formula is C18H21FN3O13P. The number of aliphatic carboxylic acids is 4. The fourth-order valence-corrected chi connectivity index (χ4v) is 3.46. The molecule has 0 aliphatic carbocycles. The highest BCUT2D eigenvalue weighted by molar-refractivity contribution is 7.50. The Balaban J connectivity index is 2.86. The van der Waals surface area contributed by atoms with Gasteiger partial charge in [0, 0.05) is 12.0 Å². The van der Waals surface area contributed by atoms with Crippen LogP contribution in [0.4, 0.5) is 4.39 Å². The van der Waals surface area contributed by atoms with Gasteiger partial charge >= 0.3 is 31.6 Å². The van der Waals surface area contributed by atoms with Crippen LogP contribution in [0.25, 0.3) is 0 Å². The number of carbonyl (C=O) groups is 6. The molecule has 0 bridgehead atoms. The molecule has 0 fully saturated rings. The van der Waals surface area contributed by atoms with Gasteiger partial charge in [0.1, 0.15) is 11.9 Å². The van der Waals surface area contributed by atoms with Crippen molar-refractivity contribution in [1.29, 1.82) is 0 Å². The lowest BCUT2D eigenvalue weighted by atomic mass is 10.1. The summed E-state index contributed by atoms with van der Waals surface area (Å²) in [5.41, 5.74) is -0.225. The van der Waals surface area contributed by atoms with Crippen LogP contribution in [0.2, 0.25) is 0 Å². The molecule has 8 N–H and O–H groups in total. The molecule has 198 valence electrons. The summed E-state index contributed by atoms with van der Waals surface area (Å²) in [4.78, 5) is 78.7. The van der Waals surface area contributed by atoms with Crippen LogP contribution in [0, 0.1) is 5.82 Å². The molecule has 2 amide bonds. The minimum atomic E-state index is -5.06. The molecule has 36 heavy (non-hydrogen) atoms. The van der Waals surface area contributed by atoms with Crippen LogP contribution in [-0.4, -0.2) is 85.7 Å². The van der Waals surface area contributed by atoms with E-state index in [0.717, 1.165) is 24.3 Å². The number of amides is 2. The molecule has 1 rings (SSSR count). The summed E-state index contributed by atoms with van der Waals surface area (Å²) in [6.07, 6.45) is -1.33. The van der Waals surface area contributed by atoms with Gasteiger partial charge < -0.3 is 36.0 Å². The van der Waals surface area contributed by atoms with E-state index < -0.39 is 86.8 Å². The normalized spacial score (nSPS) is 14.9. The summed E-state index contributed by atoms with van der Waals surface area (Å²) in [7, 11) is -5.06. The zero-order chi connectivity index (χ0) is 27.6. The number of hydrogen-bond acceptors (Lipinski definition) is 8. The smallest absolute Gasteiger partial charge is 0.403 e. The predicted molar refractivity (Wildman–Crippen MR) is 112 cm³/mol. The fraction of sp³-hybridized carbons (Fsp3) is 0.333. The first-order chi connectivity index (χ1) is 16.6. The van der Waals surface area contributed by atoms with Gasteiger partial charge in [0.15, 0.2) is 6.04 Å². The number of nitrogens with one attached hydrogen (secondary N) is 3. The van der Waals surface area contributed by atoms with Crippen molar-refractivity contribution in [1.82, 2.24) is 15.7 Å². The van der Waals surface area contributed by atoms with Crippen molar-refractivity contribution < 1.29 is 67.6 Å². The van der Waals surface area contributed by atoms with E-state index in [9.17, 15) is 52.8 Å². The first-order valence-corrected chi connectivity index (χ1v) is 11.2. The number of carboxylic acid groups (broad SMARTS) is 4. The van der Waals surface area contributed by atoms with E-state index in [-0.39, 0.29) is 5.56 Å². The average molecular weight is 537 g/mol. The minimum Gasteiger partial charge on any atom is -0.481 e. The number of rotatable bonds is 15. The first-order valence-electron chi connectivity index (χ1n) is 9.65. The Morgan fingerprint density at radius 2 is 1.44 bits per heavy atom. The zero-order valence-electron chi connectivity index (χ0n) is 18.0. The van der Waals surface area contributed by atoms with E-state index in [4.69, 9.17) is 10.2 Å². The Hall–Kier alpha value is -3.92. The molecule has 0 spiro atoms. The van der Waals surface area contributed by atoms with Crippen LogP contribution in [0.5, 0.6) is 0 Å². The van der Waals surface area contributed by atoms with Gasteiger partial charge in [-0.25, -0.2) is 23.6 Å². The van der Waals surface area contributed by atoms with Crippen LogP contribution in [-0.2, 0) is 33.1 Å². The van der Waals surface area contributed by atoms with Crippen molar-refractivity contribution in [3.63, 3.8) is 0 Å². The van der Waals surface area contributed by atoms with Crippen LogP contribution >= 0.6 is 7.75 Å². The number of hydrogen-bond donors (Lipinski definition) is 8. The van der Waals surface area contributed by atoms with E-state index in [1.807, 2.05) is 0 Å². The maximum Gasteiger partial charge on any atom is 0.403 e. The fourth-order valence-electron chi connectivity index (χ4n) is 2.41. The van der Waals surface area contributed by atoms with Crippen molar-refractivity contribution in [3.8, 4) is 0 Å². The maximum atomic E-state index is 13.0. The van der Waals surface area contributed by atoms with E-state index in [2.05, 4.69) is 4.52 Å². The van der Waals surface area contributed by atoms with E-state index in [1.54, 1.807) is 15.7 Å². The van der Waals surface area contributed by atoms with Gasteiger partial charge in [-0.05, 0) is 30.7 Å². The topological polar surface area (TPSA) is 266 Å². The lowest BCUT2D eigenvalue weighted by Crippen LogP contribution is -2.56. The Labute approximate surface area is 200 Å². The molecule has 4 atom stereocenters. The molecule has 0 aromatic heterocycles. The van der Waals surface area contributed by atoms with Gasteiger partial charge in [-0.3, -0.25) is 23.7 Å². The van der Waals surface area contributed by atoms with Crippen LogP contribution in [0.3, 0.4) is 0 Å². The lowest BCUT2D eigenvalue weighted by Gasteiger charge is -2.22. The van der Waals surface area contributed by atoms with Gasteiger partial charge in [0.25, 0.3) is 11.8 Å². The molecule has 1 aromatic carbocycles. The molecule has 0 heterocycles. The third-order valence-corrected chi connectivity index (χ3v) is 5.32. The Morgan fingerprint density at radius 1 is 0.889 bits per heavy atom. The SMILES string of the molecule is O=C(O)CC[C@H](NP(=O)(O)OC[C@H](NC(=O)[C@H](NC(=O)c1ccc(F)cc1)C(=O)O)C(=O)O)C(=O)O. The Kier molecular flexibility index (Phi) is 11.1. The van der Waals surface area contributed by atoms with Crippen LogP contribution in [0.1, 0.15) is 23.2 Å². The summed E-state index contributed by atoms with van der Waals surface area (Å²) in [5.74, 6) is -10.3. The predicted octanol–water partition coefficient (Wildman–Crippen LogP) is -1.40. The van der Waals surface area contributed by atoms with Gasteiger partial charge in [-0.2, -0.15) is 0 Å². The van der Waals surface area contributed by atoms with Gasteiger partial charge in [-0.15, -0.1) is 0 Å². The number of benzene rings is 1. The van der Waals surface area contributed by atoms with Crippen molar-refractivity contribution in [2.75, 3.05) is 6.61 Å². The maximum absolute atomic E-state index is 13.0. The van der Waals surface area contributed by atoms with Crippen LogP contribution in [0.15, 0.2) is 24.3 Å². The molecular weight excluding hydrogens is 516 g/mol. The second kappa shape index (κ2) is 13.2. The molecule has 0 radical (unpaired) electrons. The molecule has 16 nitrogen and oxygen atoms in total. The van der Waals surface area contributed by atoms with Crippen molar-refractivity contribution in [2.24, 2.45) is 0 Å². The van der Waals surface area contributed by atoms with Crippen LogP contribution < -0.4 is 15.7 Å². The molecule has 1 unspecified atom stereocenters. The summed E-state index contributed by atoms with van der Waals surface area (Å²) in [5, 5.41) is 41.2.